The summed E-state index contributed by atoms with van der Waals surface area (Å²) in [6, 6.07) is 16.5. The van der Waals surface area contributed by atoms with Crippen molar-refractivity contribution in [3.05, 3.63) is 70.9 Å². The lowest BCUT2D eigenvalue weighted by molar-refractivity contribution is -0.116. The predicted molar refractivity (Wildman–Crippen MR) is 124 cm³/mol. The number of carbonyl (C=O) groups excluding carboxylic acids is 1. The third-order valence-corrected chi connectivity index (χ3v) is 6.70. The number of anilines is 1. The van der Waals surface area contributed by atoms with Gasteiger partial charge in [-0.2, -0.15) is 0 Å². The summed E-state index contributed by atoms with van der Waals surface area (Å²) < 4.78 is 0. The number of aromatic amines is 1. The fourth-order valence-corrected chi connectivity index (χ4v) is 4.99. The van der Waals surface area contributed by atoms with Crippen LogP contribution in [0, 0.1) is 0 Å². The van der Waals surface area contributed by atoms with E-state index in [1.807, 2.05) is 29.2 Å². The van der Waals surface area contributed by atoms with E-state index in [0.29, 0.717) is 5.92 Å². The molecule has 3 heterocycles. The second-order valence-electron chi connectivity index (χ2n) is 8.37. The lowest BCUT2D eigenvalue weighted by Gasteiger charge is -2.27. The van der Waals surface area contributed by atoms with Gasteiger partial charge in [-0.05, 0) is 60.9 Å². The summed E-state index contributed by atoms with van der Waals surface area (Å²) in [6.45, 7) is 5.55. The average molecular weight is 420 g/mol. The summed E-state index contributed by atoms with van der Waals surface area (Å²) in [7, 11) is 0. The molecule has 4 nitrogen and oxygen atoms in total. The minimum Gasteiger partial charge on any atom is -0.355 e. The van der Waals surface area contributed by atoms with Crippen LogP contribution in [-0.2, 0) is 4.79 Å². The molecule has 2 aromatic carbocycles. The molecule has 0 saturated carbocycles. The van der Waals surface area contributed by atoms with Gasteiger partial charge >= 0.3 is 0 Å². The van der Waals surface area contributed by atoms with E-state index in [0.717, 1.165) is 60.6 Å². The first-order valence-corrected chi connectivity index (χ1v) is 11.0. The third-order valence-electron chi connectivity index (χ3n) is 6.47. The number of H-pyrrole nitrogens is 1. The van der Waals surface area contributed by atoms with E-state index < -0.39 is 0 Å². The van der Waals surface area contributed by atoms with E-state index in [-0.39, 0.29) is 5.91 Å². The molecule has 2 aliphatic heterocycles. The summed E-state index contributed by atoms with van der Waals surface area (Å²) in [5.41, 5.74) is 6.13. The Labute approximate surface area is 182 Å². The molecule has 1 N–H and O–H groups in total. The molecule has 0 bridgehead atoms. The molecule has 1 amide bonds. The van der Waals surface area contributed by atoms with Crippen LogP contribution < -0.4 is 4.90 Å². The van der Waals surface area contributed by atoms with Crippen molar-refractivity contribution in [2.75, 3.05) is 31.1 Å². The quantitative estimate of drug-likeness (QED) is 0.610. The highest BCUT2D eigenvalue weighted by molar-refractivity contribution is 6.31. The summed E-state index contributed by atoms with van der Waals surface area (Å²) in [5, 5.41) is 1.93. The molecule has 5 heteroatoms. The van der Waals surface area contributed by atoms with Crippen LogP contribution >= 0.6 is 11.6 Å². The molecule has 30 heavy (non-hydrogen) atoms. The molecule has 0 saturated heterocycles. The van der Waals surface area contributed by atoms with Crippen molar-refractivity contribution < 1.29 is 4.79 Å². The standard InChI is InChI=1S/C25H26ClN3O/c1-17(30)29-16-19(22-4-2-3-5-25(22)29)10-13-28-11-8-18(9-12-28)24-15-20-14-21(26)6-7-23(20)27-24/h2-8,14-15,19,27H,9-13,16H2,1H3. The Morgan fingerprint density at radius 3 is 2.87 bits per heavy atom. The molecule has 5 rings (SSSR count). The Kier molecular flexibility index (Phi) is 5.13. The van der Waals surface area contributed by atoms with E-state index in [1.54, 1.807) is 6.92 Å². The van der Waals surface area contributed by atoms with Gasteiger partial charge in [0.2, 0.25) is 5.91 Å². The van der Waals surface area contributed by atoms with Crippen LogP contribution in [0.1, 0.15) is 36.9 Å². The van der Waals surface area contributed by atoms with E-state index in [2.05, 4.69) is 40.2 Å². The first-order valence-electron chi connectivity index (χ1n) is 10.7. The third kappa shape index (κ3) is 3.66. The zero-order chi connectivity index (χ0) is 20.7. The first kappa shape index (κ1) is 19.4. The molecule has 3 aromatic rings. The van der Waals surface area contributed by atoms with Crippen molar-refractivity contribution in [2.45, 2.75) is 25.7 Å². The number of nitrogens with one attached hydrogen (secondary N) is 1. The number of nitrogens with zero attached hydrogens (tertiary/aromatic N) is 2. The summed E-state index contributed by atoms with van der Waals surface area (Å²) in [6.07, 6.45) is 4.47. The number of fused-ring (bicyclic) bond motifs is 2. The Hall–Kier alpha value is -2.56. The van der Waals surface area contributed by atoms with Gasteiger partial charge in [-0.15, -0.1) is 0 Å². The summed E-state index contributed by atoms with van der Waals surface area (Å²) in [4.78, 5) is 20.0. The number of hydrogen-bond acceptors (Lipinski definition) is 2. The van der Waals surface area contributed by atoms with Gasteiger partial charge in [0.1, 0.15) is 0 Å². The number of rotatable bonds is 4. The fraction of sp³-hybridized carbons (Fsp3) is 0.320. The zero-order valence-corrected chi connectivity index (χ0v) is 18.0. The maximum absolute atomic E-state index is 12.0. The highest BCUT2D eigenvalue weighted by Crippen LogP contribution is 2.38. The first-order chi connectivity index (χ1) is 14.6. The molecule has 0 spiro atoms. The molecule has 1 aromatic heterocycles. The second kappa shape index (κ2) is 7.93. The highest BCUT2D eigenvalue weighted by atomic mass is 35.5. The molecular formula is C25H26ClN3O. The van der Waals surface area contributed by atoms with Gasteiger partial charge in [0, 0.05) is 59.8 Å². The molecular weight excluding hydrogens is 394 g/mol. The van der Waals surface area contributed by atoms with Crippen molar-refractivity contribution in [3.63, 3.8) is 0 Å². The minimum atomic E-state index is 0.134. The van der Waals surface area contributed by atoms with Crippen molar-refractivity contribution in [1.29, 1.82) is 0 Å². The number of aromatic nitrogens is 1. The number of hydrogen-bond donors (Lipinski definition) is 1. The minimum absolute atomic E-state index is 0.134. The largest absolute Gasteiger partial charge is 0.355 e. The van der Waals surface area contributed by atoms with Gasteiger partial charge in [0.05, 0.1) is 0 Å². The monoisotopic (exact) mass is 419 g/mol. The number of carbonyl (C=O) groups is 1. The molecule has 1 atom stereocenters. The van der Waals surface area contributed by atoms with Crippen molar-refractivity contribution in [3.8, 4) is 0 Å². The van der Waals surface area contributed by atoms with Crippen LogP contribution in [0.4, 0.5) is 5.69 Å². The van der Waals surface area contributed by atoms with Gasteiger partial charge < -0.3 is 9.88 Å². The Morgan fingerprint density at radius 2 is 2.07 bits per heavy atom. The highest BCUT2D eigenvalue weighted by Gasteiger charge is 2.30. The van der Waals surface area contributed by atoms with Gasteiger partial charge in [-0.3, -0.25) is 9.69 Å². The maximum atomic E-state index is 12.0. The number of para-hydroxylation sites is 1. The van der Waals surface area contributed by atoms with Crippen LogP contribution in [0.5, 0.6) is 0 Å². The molecule has 1 unspecified atom stereocenters. The lowest BCUT2D eigenvalue weighted by atomic mass is 9.97. The fourth-order valence-electron chi connectivity index (χ4n) is 4.81. The maximum Gasteiger partial charge on any atom is 0.223 e. The smallest absolute Gasteiger partial charge is 0.223 e. The predicted octanol–water partition coefficient (Wildman–Crippen LogP) is 5.45. The SMILES string of the molecule is CC(=O)N1CC(CCN2CC=C(c3cc4cc(Cl)ccc4[nH]3)CC2)c2ccccc21. The van der Waals surface area contributed by atoms with E-state index in [1.165, 1.54) is 16.8 Å². The van der Waals surface area contributed by atoms with Gasteiger partial charge in [0.15, 0.2) is 0 Å². The number of halogens is 1. The Bertz CT molecular complexity index is 1130. The van der Waals surface area contributed by atoms with Gasteiger partial charge in [0.25, 0.3) is 0 Å². The van der Waals surface area contributed by atoms with Crippen molar-refractivity contribution >= 4 is 39.7 Å². The second-order valence-corrected chi connectivity index (χ2v) is 8.81. The van der Waals surface area contributed by atoms with E-state index >= 15 is 0 Å². The topological polar surface area (TPSA) is 39.3 Å². The number of benzene rings is 2. The molecule has 0 radical (unpaired) electrons. The van der Waals surface area contributed by atoms with Crippen LogP contribution in [0.3, 0.4) is 0 Å². The van der Waals surface area contributed by atoms with Crippen molar-refractivity contribution in [2.24, 2.45) is 0 Å². The van der Waals surface area contributed by atoms with Crippen LogP contribution in [0.15, 0.2) is 54.6 Å². The van der Waals surface area contributed by atoms with Crippen molar-refractivity contribution in [1.82, 2.24) is 9.88 Å². The molecule has 154 valence electrons. The summed E-state index contributed by atoms with van der Waals surface area (Å²) in [5.74, 6) is 0.559. The molecule has 0 aliphatic carbocycles. The normalized spacial score (nSPS) is 19.2. The van der Waals surface area contributed by atoms with E-state index in [4.69, 9.17) is 11.6 Å². The van der Waals surface area contributed by atoms with E-state index in [9.17, 15) is 4.79 Å². The van der Waals surface area contributed by atoms with Crippen LogP contribution in [-0.4, -0.2) is 42.0 Å². The van der Waals surface area contributed by atoms with Crippen LogP contribution in [0.25, 0.3) is 16.5 Å². The molecule has 2 aliphatic rings. The van der Waals surface area contributed by atoms with Gasteiger partial charge in [-0.1, -0.05) is 35.9 Å². The Balaban J connectivity index is 1.23. The van der Waals surface area contributed by atoms with Crippen LogP contribution in [0.2, 0.25) is 5.02 Å². The van der Waals surface area contributed by atoms with Gasteiger partial charge in [-0.25, -0.2) is 0 Å². The molecule has 0 fully saturated rings. The average Bonchev–Trinajstić information content (AvgIpc) is 3.34. The zero-order valence-electron chi connectivity index (χ0n) is 17.2. The summed E-state index contributed by atoms with van der Waals surface area (Å²) >= 11 is 6.12. The number of amides is 1. The Morgan fingerprint density at radius 1 is 1.20 bits per heavy atom. The lowest BCUT2D eigenvalue weighted by Crippen LogP contribution is -2.31.